The highest BCUT2D eigenvalue weighted by molar-refractivity contribution is 5.89. The van der Waals surface area contributed by atoms with Crippen molar-refractivity contribution in [2.24, 2.45) is 0 Å². The van der Waals surface area contributed by atoms with Crippen molar-refractivity contribution in [2.45, 2.75) is 6.92 Å². The van der Waals surface area contributed by atoms with Gasteiger partial charge in [-0.25, -0.2) is 9.48 Å². The van der Waals surface area contributed by atoms with Gasteiger partial charge in [-0.05, 0) is 37.3 Å². The summed E-state index contributed by atoms with van der Waals surface area (Å²) < 4.78 is 6.16. The van der Waals surface area contributed by atoms with Gasteiger partial charge in [0.25, 0.3) is 0 Å². The molecule has 0 saturated heterocycles. The van der Waals surface area contributed by atoms with E-state index in [2.05, 4.69) is 15.9 Å². The number of methoxy groups -OCH3 is 1. The van der Waals surface area contributed by atoms with E-state index in [1.165, 1.54) is 11.8 Å². The quantitative estimate of drug-likeness (QED) is 0.752. The van der Waals surface area contributed by atoms with Crippen molar-refractivity contribution in [3.63, 3.8) is 0 Å². The van der Waals surface area contributed by atoms with Crippen LogP contribution in [0, 0.1) is 18.3 Å². The highest BCUT2D eigenvalue weighted by Crippen LogP contribution is 2.13. The van der Waals surface area contributed by atoms with Crippen molar-refractivity contribution < 1.29 is 9.53 Å². The SMILES string of the molecule is COC(=O)c1ccc(-n2nc(C)cc2C#N)cc1. The van der Waals surface area contributed by atoms with Crippen LogP contribution in [0.25, 0.3) is 5.69 Å². The number of hydrogen-bond donors (Lipinski definition) is 0. The number of carbonyl (C=O) groups excluding carboxylic acids is 1. The summed E-state index contributed by atoms with van der Waals surface area (Å²) in [6.07, 6.45) is 0. The Labute approximate surface area is 104 Å². The molecule has 0 saturated carbocycles. The van der Waals surface area contributed by atoms with Crippen LogP contribution in [0.15, 0.2) is 30.3 Å². The first-order valence-corrected chi connectivity index (χ1v) is 5.31. The van der Waals surface area contributed by atoms with E-state index >= 15 is 0 Å². The molecule has 5 heteroatoms. The molecule has 0 bridgehead atoms. The first-order valence-electron chi connectivity index (χ1n) is 5.31. The molecule has 18 heavy (non-hydrogen) atoms. The molecular formula is C13H11N3O2. The molecule has 0 unspecified atom stereocenters. The summed E-state index contributed by atoms with van der Waals surface area (Å²) >= 11 is 0. The van der Waals surface area contributed by atoms with Gasteiger partial charge in [-0.2, -0.15) is 10.4 Å². The molecular weight excluding hydrogens is 230 g/mol. The lowest BCUT2D eigenvalue weighted by molar-refractivity contribution is 0.0601. The fraction of sp³-hybridized carbons (Fsp3) is 0.154. The molecule has 0 N–H and O–H groups in total. The summed E-state index contributed by atoms with van der Waals surface area (Å²) in [6.45, 7) is 1.82. The van der Waals surface area contributed by atoms with E-state index in [4.69, 9.17) is 5.26 Å². The molecule has 0 fully saturated rings. The number of ether oxygens (including phenoxy) is 1. The molecule has 5 nitrogen and oxygen atoms in total. The van der Waals surface area contributed by atoms with Crippen LogP contribution >= 0.6 is 0 Å². The standard InChI is InChI=1S/C13H11N3O2/c1-9-7-12(8-14)16(15-9)11-5-3-10(4-6-11)13(17)18-2/h3-7H,1-2H3. The molecule has 0 spiro atoms. The molecule has 0 radical (unpaired) electrons. The summed E-state index contributed by atoms with van der Waals surface area (Å²) in [6, 6.07) is 10.5. The minimum atomic E-state index is -0.390. The van der Waals surface area contributed by atoms with Gasteiger partial charge in [-0.3, -0.25) is 0 Å². The average molecular weight is 241 g/mol. The fourth-order valence-corrected chi connectivity index (χ4v) is 1.63. The number of aryl methyl sites for hydroxylation is 1. The van der Waals surface area contributed by atoms with Gasteiger partial charge in [0.15, 0.2) is 0 Å². The second-order valence-corrected chi connectivity index (χ2v) is 3.73. The molecule has 1 aromatic carbocycles. The zero-order chi connectivity index (χ0) is 13.1. The number of aromatic nitrogens is 2. The van der Waals surface area contributed by atoms with Crippen LogP contribution in [-0.4, -0.2) is 22.9 Å². The number of nitrogens with zero attached hydrogens (tertiary/aromatic N) is 3. The van der Waals surface area contributed by atoms with Gasteiger partial charge < -0.3 is 4.74 Å². The van der Waals surface area contributed by atoms with E-state index in [0.717, 1.165) is 11.4 Å². The molecule has 1 heterocycles. The maximum Gasteiger partial charge on any atom is 0.337 e. The molecule has 2 aromatic rings. The Hall–Kier alpha value is -2.61. The van der Waals surface area contributed by atoms with Crippen molar-refractivity contribution >= 4 is 5.97 Å². The van der Waals surface area contributed by atoms with Gasteiger partial charge in [-0.1, -0.05) is 0 Å². The van der Waals surface area contributed by atoms with E-state index in [1.54, 1.807) is 30.3 Å². The summed E-state index contributed by atoms with van der Waals surface area (Å²) in [5.74, 6) is -0.390. The third kappa shape index (κ3) is 2.09. The number of nitriles is 1. The van der Waals surface area contributed by atoms with Gasteiger partial charge in [0.1, 0.15) is 11.8 Å². The lowest BCUT2D eigenvalue weighted by atomic mass is 10.2. The molecule has 0 atom stereocenters. The smallest absolute Gasteiger partial charge is 0.337 e. The number of rotatable bonds is 2. The first kappa shape index (κ1) is 11.9. The van der Waals surface area contributed by atoms with E-state index in [0.29, 0.717) is 11.3 Å². The Morgan fingerprint density at radius 1 is 1.39 bits per heavy atom. The number of esters is 1. The third-order valence-electron chi connectivity index (χ3n) is 2.48. The first-order chi connectivity index (χ1) is 8.65. The molecule has 0 aliphatic heterocycles. The highest BCUT2D eigenvalue weighted by Gasteiger charge is 2.09. The van der Waals surface area contributed by atoms with Crippen molar-refractivity contribution in [1.82, 2.24) is 9.78 Å². The van der Waals surface area contributed by atoms with Gasteiger partial charge in [0.2, 0.25) is 0 Å². The second-order valence-electron chi connectivity index (χ2n) is 3.73. The van der Waals surface area contributed by atoms with Gasteiger partial charge >= 0.3 is 5.97 Å². The van der Waals surface area contributed by atoms with Crippen LogP contribution in [0.4, 0.5) is 0 Å². The summed E-state index contributed by atoms with van der Waals surface area (Å²) in [7, 11) is 1.33. The molecule has 1 aromatic heterocycles. The Balaban J connectivity index is 2.40. The normalized spacial score (nSPS) is 9.83. The zero-order valence-corrected chi connectivity index (χ0v) is 10.0. The Kier molecular flexibility index (Phi) is 3.11. The van der Waals surface area contributed by atoms with Crippen LogP contribution < -0.4 is 0 Å². The average Bonchev–Trinajstić information content (AvgIpc) is 2.79. The van der Waals surface area contributed by atoms with E-state index in [1.807, 2.05) is 6.92 Å². The van der Waals surface area contributed by atoms with E-state index in [9.17, 15) is 4.79 Å². The van der Waals surface area contributed by atoms with Crippen LogP contribution in [0.3, 0.4) is 0 Å². The lowest BCUT2D eigenvalue weighted by Gasteiger charge is -2.04. The predicted octanol–water partition coefficient (Wildman–Crippen LogP) is 1.84. The highest BCUT2D eigenvalue weighted by atomic mass is 16.5. The molecule has 2 rings (SSSR count). The third-order valence-corrected chi connectivity index (χ3v) is 2.48. The summed E-state index contributed by atoms with van der Waals surface area (Å²) in [4.78, 5) is 11.3. The molecule has 0 aliphatic rings. The minimum absolute atomic E-state index is 0.390. The van der Waals surface area contributed by atoms with Gasteiger partial charge in [0, 0.05) is 0 Å². The maximum atomic E-state index is 11.3. The largest absolute Gasteiger partial charge is 0.465 e. The van der Waals surface area contributed by atoms with Crippen LogP contribution in [0.5, 0.6) is 0 Å². The van der Waals surface area contributed by atoms with Crippen LogP contribution in [-0.2, 0) is 4.74 Å². The maximum absolute atomic E-state index is 11.3. The Morgan fingerprint density at radius 2 is 2.06 bits per heavy atom. The lowest BCUT2D eigenvalue weighted by Crippen LogP contribution is -2.03. The van der Waals surface area contributed by atoms with Crippen molar-refractivity contribution in [2.75, 3.05) is 7.11 Å². The number of benzene rings is 1. The van der Waals surface area contributed by atoms with Crippen molar-refractivity contribution in [3.05, 3.63) is 47.3 Å². The van der Waals surface area contributed by atoms with E-state index in [-0.39, 0.29) is 0 Å². The predicted molar refractivity (Wildman–Crippen MR) is 64.4 cm³/mol. The summed E-state index contributed by atoms with van der Waals surface area (Å²) in [5, 5.41) is 13.2. The zero-order valence-electron chi connectivity index (χ0n) is 10.0. The monoisotopic (exact) mass is 241 g/mol. The number of carbonyl (C=O) groups is 1. The summed E-state index contributed by atoms with van der Waals surface area (Å²) in [5.41, 5.74) is 2.41. The number of hydrogen-bond acceptors (Lipinski definition) is 4. The van der Waals surface area contributed by atoms with Crippen molar-refractivity contribution in [3.8, 4) is 11.8 Å². The second kappa shape index (κ2) is 4.72. The van der Waals surface area contributed by atoms with Gasteiger partial charge in [0.05, 0.1) is 24.1 Å². The van der Waals surface area contributed by atoms with Crippen LogP contribution in [0.1, 0.15) is 21.7 Å². The van der Waals surface area contributed by atoms with E-state index < -0.39 is 5.97 Å². The topological polar surface area (TPSA) is 67.9 Å². The minimum Gasteiger partial charge on any atom is -0.465 e. The molecule has 0 aliphatic carbocycles. The Bertz CT molecular complexity index is 621. The fourth-order valence-electron chi connectivity index (χ4n) is 1.63. The molecule has 0 amide bonds. The Morgan fingerprint density at radius 3 is 2.61 bits per heavy atom. The molecule has 90 valence electrons. The van der Waals surface area contributed by atoms with Crippen LogP contribution in [0.2, 0.25) is 0 Å². The van der Waals surface area contributed by atoms with Gasteiger partial charge in [-0.15, -0.1) is 0 Å². The van der Waals surface area contributed by atoms with Crippen molar-refractivity contribution in [1.29, 1.82) is 5.26 Å².